The molecule has 3 nitrogen and oxygen atoms in total. The van der Waals surface area contributed by atoms with Crippen LogP contribution in [0.2, 0.25) is 15.1 Å². The lowest BCUT2D eigenvalue weighted by Gasteiger charge is -2.11. The molecule has 1 fully saturated rings. The molecule has 0 radical (unpaired) electrons. The Labute approximate surface area is 101 Å². The monoisotopic (exact) mass is 265 g/mol. The fraction of sp³-hybridized carbons (Fsp3) is 0.222. The minimum Gasteiger partial charge on any atom is -0.447 e. The van der Waals surface area contributed by atoms with Gasteiger partial charge in [-0.15, -0.1) is 0 Å². The molecule has 0 bridgehead atoms. The molecule has 1 heterocycles. The second-order valence-electron chi connectivity index (χ2n) is 3.09. The van der Waals surface area contributed by atoms with E-state index in [-0.39, 0.29) is 12.6 Å². The largest absolute Gasteiger partial charge is 0.447 e. The molecule has 1 aliphatic heterocycles. The smallest absolute Gasteiger partial charge is 0.407 e. The van der Waals surface area contributed by atoms with Crippen molar-refractivity contribution in [2.75, 3.05) is 6.61 Å². The van der Waals surface area contributed by atoms with Crippen LogP contribution in [-0.4, -0.2) is 12.7 Å². The zero-order chi connectivity index (χ0) is 11.0. The lowest BCUT2D eigenvalue weighted by atomic mass is 10.1. The summed E-state index contributed by atoms with van der Waals surface area (Å²) in [6, 6.07) is 2.92. The van der Waals surface area contributed by atoms with Crippen LogP contribution >= 0.6 is 34.8 Å². The summed E-state index contributed by atoms with van der Waals surface area (Å²) in [5, 5.41) is 3.82. The summed E-state index contributed by atoms with van der Waals surface area (Å²) >= 11 is 17.7. The summed E-state index contributed by atoms with van der Waals surface area (Å²) in [4.78, 5) is 10.9. The number of amides is 1. The third-order valence-electron chi connectivity index (χ3n) is 2.07. The average molecular weight is 267 g/mol. The Morgan fingerprint density at radius 3 is 2.67 bits per heavy atom. The van der Waals surface area contributed by atoms with E-state index >= 15 is 0 Å². The fourth-order valence-corrected chi connectivity index (χ4v) is 2.13. The topological polar surface area (TPSA) is 38.3 Å². The Bertz CT molecular complexity index is 422. The molecule has 1 saturated heterocycles. The summed E-state index contributed by atoms with van der Waals surface area (Å²) in [6.45, 7) is 0.231. The van der Waals surface area contributed by atoms with Gasteiger partial charge in [-0.25, -0.2) is 4.79 Å². The quantitative estimate of drug-likeness (QED) is 0.791. The van der Waals surface area contributed by atoms with E-state index in [9.17, 15) is 4.79 Å². The highest BCUT2D eigenvalue weighted by Crippen LogP contribution is 2.34. The number of cyclic esters (lactones) is 1. The first-order valence-electron chi connectivity index (χ1n) is 4.15. The van der Waals surface area contributed by atoms with Crippen LogP contribution in [0.5, 0.6) is 0 Å². The summed E-state index contributed by atoms with van der Waals surface area (Å²) in [6.07, 6.45) is -0.466. The van der Waals surface area contributed by atoms with Crippen LogP contribution in [0.15, 0.2) is 12.1 Å². The number of hydrogen-bond donors (Lipinski definition) is 1. The molecule has 2 rings (SSSR count). The molecule has 0 saturated carbocycles. The summed E-state index contributed by atoms with van der Waals surface area (Å²) < 4.78 is 4.76. The molecule has 1 aromatic carbocycles. The highest BCUT2D eigenvalue weighted by Gasteiger charge is 2.26. The zero-order valence-corrected chi connectivity index (χ0v) is 9.66. The van der Waals surface area contributed by atoms with Crippen LogP contribution in [0.3, 0.4) is 0 Å². The van der Waals surface area contributed by atoms with Gasteiger partial charge in [0, 0.05) is 5.02 Å². The maximum Gasteiger partial charge on any atom is 0.407 e. The van der Waals surface area contributed by atoms with E-state index in [2.05, 4.69) is 5.32 Å². The van der Waals surface area contributed by atoms with Crippen molar-refractivity contribution < 1.29 is 9.53 Å². The molecular weight excluding hydrogens is 260 g/mol. The lowest BCUT2D eigenvalue weighted by molar-refractivity contribution is 0.177. The highest BCUT2D eigenvalue weighted by molar-refractivity contribution is 6.43. The summed E-state index contributed by atoms with van der Waals surface area (Å²) in [7, 11) is 0. The van der Waals surface area contributed by atoms with Crippen LogP contribution in [-0.2, 0) is 4.74 Å². The van der Waals surface area contributed by atoms with Crippen LogP contribution in [0.25, 0.3) is 0 Å². The second kappa shape index (κ2) is 4.08. The molecule has 0 spiro atoms. The van der Waals surface area contributed by atoms with Gasteiger partial charge in [-0.2, -0.15) is 0 Å². The normalized spacial score (nSPS) is 19.9. The number of alkyl carbamates (subject to hydrolysis) is 1. The maximum absolute atomic E-state index is 10.9. The number of carbonyl (C=O) groups is 1. The number of nitrogens with one attached hydrogen (secondary N) is 1. The van der Waals surface area contributed by atoms with E-state index in [1.165, 1.54) is 0 Å². The molecule has 1 atom stereocenters. The molecule has 6 heteroatoms. The third kappa shape index (κ3) is 2.14. The van der Waals surface area contributed by atoms with Crippen molar-refractivity contribution in [2.45, 2.75) is 6.04 Å². The van der Waals surface area contributed by atoms with Crippen LogP contribution < -0.4 is 5.32 Å². The minimum atomic E-state index is -0.466. The average Bonchev–Trinajstić information content (AvgIpc) is 2.58. The molecule has 0 aliphatic carbocycles. The van der Waals surface area contributed by atoms with Gasteiger partial charge in [0.25, 0.3) is 0 Å². The van der Waals surface area contributed by atoms with E-state index in [0.29, 0.717) is 20.6 Å². The molecule has 1 amide bonds. The van der Waals surface area contributed by atoms with Gasteiger partial charge in [0.05, 0.1) is 16.1 Å². The number of halogens is 3. The van der Waals surface area contributed by atoms with Crippen molar-refractivity contribution in [1.82, 2.24) is 5.32 Å². The van der Waals surface area contributed by atoms with E-state index in [1.54, 1.807) is 12.1 Å². The fourth-order valence-electron chi connectivity index (χ4n) is 1.38. The van der Waals surface area contributed by atoms with Crippen LogP contribution in [0.1, 0.15) is 11.6 Å². The van der Waals surface area contributed by atoms with Crippen LogP contribution in [0, 0.1) is 0 Å². The molecule has 1 N–H and O–H groups in total. The van der Waals surface area contributed by atoms with Crippen molar-refractivity contribution >= 4 is 40.9 Å². The highest BCUT2D eigenvalue weighted by atomic mass is 35.5. The van der Waals surface area contributed by atoms with Crippen LogP contribution in [0.4, 0.5) is 4.79 Å². The minimum absolute atomic E-state index is 0.231. The van der Waals surface area contributed by atoms with Gasteiger partial charge in [0.15, 0.2) is 0 Å². The lowest BCUT2D eigenvalue weighted by Crippen LogP contribution is -2.18. The van der Waals surface area contributed by atoms with E-state index in [4.69, 9.17) is 39.5 Å². The van der Waals surface area contributed by atoms with Gasteiger partial charge in [0.1, 0.15) is 6.61 Å². The van der Waals surface area contributed by atoms with Gasteiger partial charge in [-0.05, 0) is 17.7 Å². The number of benzene rings is 1. The Balaban J connectivity index is 2.39. The predicted octanol–water partition coefficient (Wildman–Crippen LogP) is 3.43. The Morgan fingerprint density at radius 1 is 1.33 bits per heavy atom. The number of carbonyl (C=O) groups excluding carboxylic acids is 1. The first-order chi connectivity index (χ1) is 7.08. The van der Waals surface area contributed by atoms with Crippen molar-refractivity contribution in [3.8, 4) is 0 Å². The first-order valence-corrected chi connectivity index (χ1v) is 5.29. The van der Waals surface area contributed by atoms with Gasteiger partial charge in [-0.1, -0.05) is 34.8 Å². The standard InChI is InChI=1S/C9H6Cl3NO2/c10-4-1-5(8(12)6(11)2-4)7-3-15-9(14)13-7/h1-2,7H,3H2,(H,13,14)/t7-/m0/s1. The van der Waals surface area contributed by atoms with Crippen molar-refractivity contribution in [3.05, 3.63) is 32.8 Å². The summed E-state index contributed by atoms with van der Waals surface area (Å²) in [5.41, 5.74) is 0.667. The maximum atomic E-state index is 10.9. The molecule has 1 aromatic rings. The Morgan fingerprint density at radius 2 is 2.07 bits per heavy atom. The predicted molar refractivity (Wildman–Crippen MR) is 58.7 cm³/mol. The molecule has 0 aromatic heterocycles. The third-order valence-corrected chi connectivity index (χ3v) is 3.10. The SMILES string of the molecule is O=C1N[C@H](c2cc(Cl)cc(Cl)c2Cl)CO1. The van der Waals surface area contributed by atoms with E-state index in [0.717, 1.165) is 0 Å². The first kappa shape index (κ1) is 10.9. The molecule has 80 valence electrons. The number of hydrogen-bond acceptors (Lipinski definition) is 2. The van der Waals surface area contributed by atoms with Gasteiger partial charge >= 0.3 is 6.09 Å². The number of ether oxygens (including phenoxy) is 1. The zero-order valence-electron chi connectivity index (χ0n) is 7.39. The molecular formula is C9H6Cl3NO2. The van der Waals surface area contributed by atoms with Crippen molar-refractivity contribution in [2.24, 2.45) is 0 Å². The van der Waals surface area contributed by atoms with Crippen molar-refractivity contribution in [1.29, 1.82) is 0 Å². The van der Waals surface area contributed by atoms with Gasteiger partial charge in [-0.3, -0.25) is 0 Å². The Hall–Kier alpha value is -0.640. The summed E-state index contributed by atoms with van der Waals surface area (Å²) in [5.74, 6) is 0. The van der Waals surface area contributed by atoms with Crippen molar-refractivity contribution in [3.63, 3.8) is 0 Å². The molecule has 1 aliphatic rings. The Kier molecular flexibility index (Phi) is 2.96. The van der Waals surface area contributed by atoms with Gasteiger partial charge in [0.2, 0.25) is 0 Å². The number of rotatable bonds is 1. The second-order valence-corrected chi connectivity index (χ2v) is 4.31. The molecule has 0 unspecified atom stereocenters. The van der Waals surface area contributed by atoms with Gasteiger partial charge < -0.3 is 10.1 Å². The van der Waals surface area contributed by atoms with E-state index in [1.807, 2.05) is 0 Å². The van der Waals surface area contributed by atoms with E-state index < -0.39 is 6.09 Å². The molecule has 15 heavy (non-hydrogen) atoms.